The number of nitrogens with zero attached hydrogens (tertiary/aromatic N) is 2. The van der Waals surface area contributed by atoms with Crippen molar-refractivity contribution in [1.29, 1.82) is 0 Å². The Labute approximate surface area is 132 Å². The molecule has 5 heteroatoms. The second kappa shape index (κ2) is 6.95. The number of hydrogen-bond acceptors (Lipinski definition) is 4. The van der Waals surface area contributed by atoms with Gasteiger partial charge in [0.25, 0.3) is 0 Å². The van der Waals surface area contributed by atoms with E-state index in [2.05, 4.69) is 31.0 Å². The fourth-order valence-corrected chi connectivity index (χ4v) is 2.81. The summed E-state index contributed by atoms with van der Waals surface area (Å²) in [5.41, 5.74) is 0.822. The maximum absolute atomic E-state index is 6.26. The highest BCUT2D eigenvalue weighted by atomic mass is 35.5. The van der Waals surface area contributed by atoms with Gasteiger partial charge in [0.2, 0.25) is 0 Å². The Morgan fingerprint density at radius 3 is 2.90 bits per heavy atom. The van der Waals surface area contributed by atoms with Crippen LogP contribution in [0.1, 0.15) is 39.3 Å². The smallest absolute Gasteiger partial charge is 0.129 e. The van der Waals surface area contributed by atoms with E-state index in [0.717, 1.165) is 42.5 Å². The van der Waals surface area contributed by atoms with Crippen LogP contribution in [0.2, 0.25) is 5.02 Å². The van der Waals surface area contributed by atoms with Crippen LogP contribution in [-0.2, 0) is 11.3 Å². The molecule has 1 fully saturated rings. The topological polar surface area (TPSA) is 37.4 Å². The van der Waals surface area contributed by atoms with E-state index in [0.29, 0.717) is 12.6 Å². The largest absolute Gasteiger partial charge is 0.377 e. The second-order valence-electron chi connectivity index (χ2n) is 6.31. The lowest BCUT2D eigenvalue weighted by Gasteiger charge is -2.40. The van der Waals surface area contributed by atoms with Crippen LogP contribution in [-0.4, -0.2) is 36.8 Å². The molecule has 0 saturated carbocycles. The van der Waals surface area contributed by atoms with Gasteiger partial charge in [-0.1, -0.05) is 25.4 Å². The lowest BCUT2D eigenvalue weighted by atomic mass is 9.95. The first-order chi connectivity index (χ1) is 9.93. The lowest BCUT2D eigenvalue weighted by molar-refractivity contribution is -0.00482. The number of halogens is 1. The highest BCUT2D eigenvalue weighted by Crippen LogP contribution is 2.28. The fourth-order valence-electron chi connectivity index (χ4n) is 2.64. The number of ether oxygens (including phenoxy) is 1. The quantitative estimate of drug-likeness (QED) is 0.906. The molecule has 1 aromatic heterocycles. The van der Waals surface area contributed by atoms with Gasteiger partial charge in [-0.25, -0.2) is 4.98 Å². The van der Waals surface area contributed by atoms with Crippen molar-refractivity contribution < 1.29 is 4.74 Å². The van der Waals surface area contributed by atoms with Gasteiger partial charge in [0.05, 0.1) is 16.3 Å². The molecular weight excluding hydrogens is 286 g/mol. The molecule has 4 nitrogen and oxygen atoms in total. The molecule has 1 atom stereocenters. The van der Waals surface area contributed by atoms with Crippen molar-refractivity contribution in [3.8, 4) is 0 Å². The highest BCUT2D eigenvalue weighted by Gasteiger charge is 2.31. The zero-order valence-corrected chi connectivity index (χ0v) is 14.2. The standard InChI is InChI=1S/C16H26ClN3O/c1-12(2)18-10-14-13(17)6-7-15(19-14)20-9-5-8-16(3,11-20)21-4/h6-7,12,18H,5,8-11H2,1-4H3. The minimum Gasteiger partial charge on any atom is -0.377 e. The average Bonchev–Trinajstić information content (AvgIpc) is 2.46. The van der Waals surface area contributed by atoms with Crippen LogP contribution < -0.4 is 10.2 Å². The summed E-state index contributed by atoms with van der Waals surface area (Å²) in [5, 5.41) is 4.09. The lowest BCUT2D eigenvalue weighted by Crippen LogP contribution is -2.47. The number of pyridine rings is 1. The molecule has 2 heterocycles. The summed E-state index contributed by atoms with van der Waals surface area (Å²) in [4.78, 5) is 7.04. The van der Waals surface area contributed by atoms with Crippen LogP contribution in [0.3, 0.4) is 0 Å². The Morgan fingerprint density at radius 2 is 2.24 bits per heavy atom. The predicted molar refractivity (Wildman–Crippen MR) is 88.1 cm³/mol. The van der Waals surface area contributed by atoms with Crippen molar-refractivity contribution in [3.63, 3.8) is 0 Å². The molecule has 2 rings (SSSR count). The van der Waals surface area contributed by atoms with Crippen LogP contribution in [0.5, 0.6) is 0 Å². The third kappa shape index (κ3) is 4.31. The van der Waals surface area contributed by atoms with Gasteiger partial charge in [-0.3, -0.25) is 0 Å². The third-order valence-electron chi connectivity index (χ3n) is 4.06. The summed E-state index contributed by atoms with van der Waals surface area (Å²) in [6, 6.07) is 4.36. The minimum absolute atomic E-state index is 0.0874. The number of aromatic nitrogens is 1. The molecule has 1 saturated heterocycles. The van der Waals surface area contributed by atoms with Gasteiger partial charge in [0.1, 0.15) is 5.82 Å². The zero-order chi connectivity index (χ0) is 15.5. The number of methoxy groups -OCH3 is 1. The zero-order valence-electron chi connectivity index (χ0n) is 13.4. The van der Waals surface area contributed by atoms with Crippen molar-refractivity contribution in [2.45, 2.75) is 51.8 Å². The predicted octanol–water partition coefficient (Wildman–Crippen LogP) is 3.24. The molecule has 0 bridgehead atoms. The van der Waals surface area contributed by atoms with E-state index < -0.39 is 0 Å². The number of piperidine rings is 1. The van der Waals surface area contributed by atoms with Crippen molar-refractivity contribution >= 4 is 17.4 Å². The van der Waals surface area contributed by atoms with E-state index >= 15 is 0 Å². The first kappa shape index (κ1) is 16.5. The number of nitrogens with one attached hydrogen (secondary N) is 1. The van der Waals surface area contributed by atoms with E-state index in [9.17, 15) is 0 Å². The molecule has 0 aliphatic carbocycles. The van der Waals surface area contributed by atoms with E-state index in [-0.39, 0.29) is 5.60 Å². The summed E-state index contributed by atoms with van der Waals surface area (Å²) in [7, 11) is 1.79. The van der Waals surface area contributed by atoms with Crippen LogP contribution in [0, 0.1) is 0 Å². The molecule has 21 heavy (non-hydrogen) atoms. The fraction of sp³-hybridized carbons (Fsp3) is 0.688. The van der Waals surface area contributed by atoms with E-state index in [4.69, 9.17) is 21.3 Å². The summed E-state index contributed by atoms with van der Waals surface area (Å²) >= 11 is 6.26. The van der Waals surface area contributed by atoms with Gasteiger partial charge < -0.3 is 15.0 Å². The highest BCUT2D eigenvalue weighted by molar-refractivity contribution is 6.31. The normalized spacial score (nSPS) is 22.9. The maximum Gasteiger partial charge on any atom is 0.129 e. The average molecular weight is 312 g/mol. The molecule has 1 aromatic rings. The van der Waals surface area contributed by atoms with Gasteiger partial charge in [0, 0.05) is 32.8 Å². The molecule has 0 spiro atoms. The summed E-state index contributed by atoms with van der Waals surface area (Å²) < 4.78 is 5.66. The molecule has 1 N–H and O–H groups in total. The number of rotatable bonds is 5. The van der Waals surface area contributed by atoms with Gasteiger partial charge in [-0.15, -0.1) is 0 Å². The number of hydrogen-bond donors (Lipinski definition) is 1. The first-order valence-electron chi connectivity index (χ1n) is 7.62. The molecule has 0 radical (unpaired) electrons. The Morgan fingerprint density at radius 1 is 1.48 bits per heavy atom. The Bertz CT molecular complexity index is 481. The monoisotopic (exact) mass is 311 g/mol. The van der Waals surface area contributed by atoms with Crippen molar-refractivity contribution in [3.05, 3.63) is 22.8 Å². The van der Waals surface area contributed by atoms with Crippen molar-refractivity contribution in [1.82, 2.24) is 10.3 Å². The van der Waals surface area contributed by atoms with E-state index in [1.807, 2.05) is 12.1 Å². The number of anilines is 1. The van der Waals surface area contributed by atoms with Crippen molar-refractivity contribution in [2.75, 3.05) is 25.1 Å². The minimum atomic E-state index is -0.0874. The molecule has 1 aliphatic heterocycles. The van der Waals surface area contributed by atoms with Gasteiger partial charge in [-0.2, -0.15) is 0 Å². The van der Waals surface area contributed by atoms with Crippen LogP contribution in [0.4, 0.5) is 5.82 Å². The second-order valence-corrected chi connectivity index (χ2v) is 6.72. The van der Waals surface area contributed by atoms with Crippen LogP contribution in [0.25, 0.3) is 0 Å². The molecule has 0 amide bonds. The maximum atomic E-state index is 6.26. The molecule has 1 unspecified atom stereocenters. The Hall–Kier alpha value is -0.840. The van der Waals surface area contributed by atoms with E-state index in [1.165, 1.54) is 0 Å². The van der Waals surface area contributed by atoms with E-state index in [1.54, 1.807) is 7.11 Å². The SMILES string of the molecule is COC1(C)CCCN(c2ccc(Cl)c(CNC(C)C)n2)C1. The van der Waals surface area contributed by atoms with Crippen LogP contribution >= 0.6 is 11.6 Å². The third-order valence-corrected chi connectivity index (χ3v) is 4.40. The molecule has 0 aromatic carbocycles. The Balaban J connectivity index is 2.14. The van der Waals surface area contributed by atoms with Gasteiger partial charge in [-0.05, 0) is 31.9 Å². The van der Waals surface area contributed by atoms with Crippen molar-refractivity contribution in [2.24, 2.45) is 0 Å². The summed E-state index contributed by atoms with van der Waals surface area (Å²) in [5.74, 6) is 0.989. The summed E-state index contributed by atoms with van der Waals surface area (Å²) in [6.07, 6.45) is 2.21. The molecular formula is C16H26ClN3O. The van der Waals surface area contributed by atoms with Gasteiger partial charge in [0.15, 0.2) is 0 Å². The summed E-state index contributed by atoms with van der Waals surface area (Å²) in [6.45, 7) is 8.98. The first-order valence-corrected chi connectivity index (χ1v) is 8.00. The Kier molecular flexibility index (Phi) is 5.47. The van der Waals surface area contributed by atoms with Gasteiger partial charge >= 0.3 is 0 Å². The molecule has 118 valence electrons. The molecule has 1 aliphatic rings. The van der Waals surface area contributed by atoms with Crippen LogP contribution in [0.15, 0.2) is 12.1 Å².